The highest BCUT2D eigenvalue weighted by atomic mass is 19.1. The van der Waals surface area contributed by atoms with Crippen LogP contribution in [0.4, 0.5) is 10.1 Å². The minimum Gasteiger partial charge on any atom is -0.393 e. The average molecular weight is 266 g/mol. The van der Waals surface area contributed by atoms with Crippen LogP contribution in [-0.4, -0.2) is 30.3 Å². The SMILES string of the molecule is CCC(O)CC1CC(N)CN(c2cccc(F)c2)C1. The second-order valence-corrected chi connectivity index (χ2v) is 5.54. The second kappa shape index (κ2) is 6.35. The predicted molar refractivity (Wildman–Crippen MR) is 75.6 cm³/mol. The molecule has 3 unspecified atom stereocenters. The molecule has 106 valence electrons. The molecule has 0 aliphatic carbocycles. The van der Waals surface area contributed by atoms with Gasteiger partial charge < -0.3 is 15.7 Å². The van der Waals surface area contributed by atoms with Crippen LogP contribution >= 0.6 is 0 Å². The predicted octanol–water partition coefficient (Wildman–Crippen LogP) is 2.14. The van der Waals surface area contributed by atoms with E-state index in [-0.39, 0.29) is 18.0 Å². The lowest BCUT2D eigenvalue weighted by atomic mass is 9.89. The Bertz CT molecular complexity index is 413. The third kappa shape index (κ3) is 3.91. The molecule has 19 heavy (non-hydrogen) atoms. The molecule has 3 N–H and O–H groups in total. The molecule has 1 aromatic rings. The maximum Gasteiger partial charge on any atom is 0.125 e. The van der Waals surface area contributed by atoms with Crippen LogP contribution in [-0.2, 0) is 0 Å². The molecular formula is C15H23FN2O. The summed E-state index contributed by atoms with van der Waals surface area (Å²) in [5.74, 6) is 0.156. The zero-order chi connectivity index (χ0) is 13.8. The molecule has 0 radical (unpaired) electrons. The zero-order valence-electron chi connectivity index (χ0n) is 11.4. The molecule has 1 heterocycles. The van der Waals surface area contributed by atoms with Crippen LogP contribution in [0.15, 0.2) is 24.3 Å². The van der Waals surface area contributed by atoms with E-state index in [2.05, 4.69) is 4.90 Å². The quantitative estimate of drug-likeness (QED) is 0.878. The Kier molecular flexibility index (Phi) is 4.77. The summed E-state index contributed by atoms with van der Waals surface area (Å²) in [6.45, 7) is 3.58. The lowest BCUT2D eigenvalue weighted by Gasteiger charge is -2.38. The molecule has 0 amide bonds. The summed E-state index contributed by atoms with van der Waals surface area (Å²) < 4.78 is 13.3. The molecule has 1 aromatic carbocycles. The van der Waals surface area contributed by atoms with E-state index >= 15 is 0 Å². The van der Waals surface area contributed by atoms with Crippen molar-refractivity contribution < 1.29 is 9.50 Å². The van der Waals surface area contributed by atoms with Gasteiger partial charge in [-0.1, -0.05) is 13.0 Å². The highest BCUT2D eigenvalue weighted by Crippen LogP contribution is 2.26. The van der Waals surface area contributed by atoms with Crippen molar-refractivity contribution in [3.8, 4) is 0 Å². The van der Waals surface area contributed by atoms with E-state index in [0.29, 0.717) is 5.92 Å². The van der Waals surface area contributed by atoms with Crippen molar-refractivity contribution in [1.82, 2.24) is 0 Å². The van der Waals surface area contributed by atoms with E-state index in [1.54, 1.807) is 12.1 Å². The summed E-state index contributed by atoms with van der Waals surface area (Å²) in [4.78, 5) is 2.13. The molecule has 1 fully saturated rings. The minimum atomic E-state index is -0.260. The molecule has 0 aromatic heterocycles. The zero-order valence-corrected chi connectivity index (χ0v) is 11.4. The first-order valence-electron chi connectivity index (χ1n) is 7.02. The lowest BCUT2D eigenvalue weighted by Crippen LogP contribution is -2.47. The van der Waals surface area contributed by atoms with Crippen LogP contribution in [0, 0.1) is 11.7 Å². The van der Waals surface area contributed by atoms with Crippen LogP contribution in [0.1, 0.15) is 26.2 Å². The number of hydrogen-bond acceptors (Lipinski definition) is 3. The van der Waals surface area contributed by atoms with Gasteiger partial charge in [0.15, 0.2) is 0 Å². The van der Waals surface area contributed by atoms with Crippen LogP contribution in [0.5, 0.6) is 0 Å². The average Bonchev–Trinajstić information content (AvgIpc) is 2.38. The molecule has 1 saturated heterocycles. The number of nitrogens with zero attached hydrogens (tertiary/aromatic N) is 1. The minimum absolute atomic E-state index is 0.0890. The largest absolute Gasteiger partial charge is 0.393 e. The number of hydrogen-bond donors (Lipinski definition) is 2. The third-order valence-electron chi connectivity index (χ3n) is 3.82. The van der Waals surface area contributed by atoms with Crippen molar-refractivity contribution in [1.29, 1.82) is 0 Å². The summed E-state index contributed by atoms with van der Waals surface area (Å²) in [5.41, 5.74) is 6.97. The highest BCUT2D eigenvalue weighted by Gasteiger charge is 2.26. The topological polar surface area (TPSA) is 49.5 Å². The van der Waals surface area contributed by atoms with Gasteiger partial charge in [-0.25, -0.2) is 4.39 Å². The Hall–Kier alpha value is -1.13. The van der Waals surface area contributed by atoms with Crippen molar-refractivity contribution in [3.63, 3.8) is 0 Å². The number of piperidine rings is 1. The number of rotatable bonds is 4. The molecule has 1 aliphatic rings. The fraction of sp³-hybridized carbons (Fsp3) is 0.600. The first kappa shape index (κ1) is 14.3. The molecule has 4 heteroatoms. The maximum atomic E-state index is 13.3. The summed E-state index contributed by atoms with van der Waals surface area (Å²) in [6.07, 6.45) is 2.22. The monoisotopic (exact) mass is 266 g/mol. The van der Waals surface area contributed by atoms with Crippen molar-refractivity contribution in [2.24, 2.45) is 11.7 Å². The number of benzene rings is 1. The number of aliphatic hydroxyl groups excluding tert-OH is 1. The van der Waals surface area contributed by atoms with Gasteiger partial charge in [0.1, 0.15) is 5.82 Å². The normalized spacial score (nSPS) is 25.4. The molecule has 1 aliphatic heterocycles. The van der Waals surface area contributed by atoms with Crippen LogP contribution < -0.4 is 10.6 Å². The van der Waals surface area contributed by atoms with Crippen molar-refractivity contribution in [2.45, 2.75) is 38.3 Å². The molecule has 0 bridgehead atoms. The first-order valence-corrected chi connectivity index (χ1v) is 7.02. The molecule has 3 nitrogen and oxygen atoms in total. The summed E-state index contributed by atoms with van der Waals surface area (Å²) in [5, 5.41) is 9.78. The van der Waals surface area contributed by atoms with E-state index in [4.69, 9.17) is 5.73 Å². The second-order valence-electron chi connectivity index (χ2n) is 5.54. The van der Waals surface area contributed by atoms with Crippen molar-refractivity contribution in [3.05, 3.63) is 30.1 Å². The van der Waals surface area contributed by atoms with Crippen LogP contribution in [0.2, 0.25) is 0 Å². The Morgan fingerprint density at radius 1 is 1.47 bits per heavy atom. The molecule has 0 saturated carbocycles. The Balaban J connectivity index is 2.05. The molecule has 0 spiro atoms. The fourth-order valence-corrected chi connectivity index (χ4v) is 2.85. The molecule has 2 rings (SSSR count). The van der Waals surface area contributed by atoms with Gasteiger partial charge in [0.25, 0.3) is 0 Å². The van der Waals surface area contributed by atoms with Gasteiger partial charge in [-0.3, -0.25) is 0 Å². The Morgan fingerprint density at radius 2 is 2.26 bits per heavy atom. The van der Waals surface area contributed by atoms with Gasteiger partial charge in [0.05, 0.1) is 6.10 Å². The van der Waals surface area contributed by atoms with Gasteiger partial charge in [0, 0.05) is 24.8 Å². The van der Waals surface area contributed by atoms with E-state index < -0.39 is 0 Å². The maximum absolute atomic E-state index is 13.3. The number of nitrogens with two attached hydrogens (primary N) is 1. The van der Waals surface area contributed by atoms with E-state index in [1.807, 2.05) is 13.0 Å². The van der Waals surface area contributed by atoms with Crippen LogP contribution in [0.3, 0.4) is 0 Å². The van der Waals surface area contributed by atoms with E-state index in [0.717, 1.165) is 38.0 Å². The summed E-state index contributed by atoms with van der Waals surface area (Å²) in [7, 11) is 0. The lowest BCUT2D eigenvalue weighted by molar-refractivity contribution is 0.131. The van der Waals surface area contributed by atoms with Gasteiger partial charge >= 0.3 is 0 Å². The van der Waals surface area contributed by atoms with Gasteiger partial charge in [-0.2, -0.15) is 0 Å². The van der Waals surface area contributed by atoms with Crippen LogP contribution in [0.25, 0.3) is 0 Å². The molecule has 3 atom stereocenters. The van der Waals surface area contributed by atoms with Crippen molar-refractivity contribution >= 4 is 5.69 Å². The van der Waals surface area contributed by atoms with Crippen molar-refractivity contribution in [2.75, 3.05) is 18.0 Å². The summed E-state index contributed by atoms with van der Waals surface area (Å²) in [6, 6.07) is 6.72. The van der Waals surface area contributed by atoms with Gasteiger partial charge in [-0.05, 0) is 43.4 Å². The van der Waals surface area contributed by atoms with E-state index in [1.165, 1.54) is 6.07 Å². The summed E-state index contributed by atoms with van der Waals surface area (Å²) >= 11 is 0. The first-order chi connectivity index (χ1) is 9.08. The Morgan fingerprint density at radius 3 is 2.95 bits per heavy atom. The standard InChI is InChI=1S/C15H23FN2O/c1-2-15(19)7-11-6-13(17)10-18(9-11)14-5-3-4-12(16)8-14/h3-5,8,11,13,15,19H,2,6-7,9-10,17H2,1H3. The van der Waals surface area contributed by atoms with E-state index in [9.17, 15) is 9.50 Å². The van der Waals surface area contributed by atoms with Gasteiger partial charge in [0.2, 0.25) is 0 Å². The number of halogens is 1. The molecular weight excluding hydrogens is 243 g/mol. The van der Waals surface area contributed by atoms with Gasteiger partial charge in [-0.15, -0.1) is 0 Å². The Labute approximate surface area is 114 Å². The smallest absolute Gasteiger partial charge is 0.125 e. The third-order valence-corrected chi connectivity index (χ3v) is 3.82. The highest BCUT2D eigenvalue weighted by molar-refractivity contribution is 5.47. The number of anilines is 1. The fourth-order valence-electron chi connectivity index (χ4n) is 2.85. The number of aliphatic hydroxyl groups is 1.